The Hall–Kier alpha value is -3.70. The van der Waals surface area contributed by atoms with Gasteiger partial charge in [-0.05, 0) is 38.1 Å². The van der Waals surface area contributed by atoms with Crippen LogP contribution in [0.25, 0.3) is 5.76 Å². The summed E-state index contributed by atoms with van der Waals surface area (Å²) in [7, 11) is 2.94. The first-order valence-corrected chi connectivity index (χ1v) is 11.9. The molecule has 0 saturated heterocycles. The number of likely N-dealkylation sites (N-methyl/N-ethyl adjacent to an activating group) is 1. The molecule has 6 N–H and O–H groups in total. The molecule has 3 aliphatic rings. The lowest BCUT2D eigenvalue weighted by Crippen LogP contribution is -2.71. The fraction of sp³-hybridized carbons (Fsp3) is 0.462. The number of fused-ring (bicyclic) bond motifs is 3. The number of aliphatic hydroxyl groups excluding tert-OH is 2. The zero-order valence-corrected chi connectivity index (χ0v) is 21.1. The quantitative estimate of drug-likeness (QED) is 0.283. The van der Waals surface area contributed by atoms with E-state index < -0.39 is 81.6 Å². The average molecular weight is 515 g/mol. The molecular formula is C26H30N2O9. The third-order valence-electron chi connectivity index (χ3n) is 7.86. The number of primary amides is 1. The minimum Gasteiger partial charge on any atom is -0.508 e. The Morgan fingerprint density at radius 3 is 2.32 bits per heavy atom. The van der Waals surface area contributed by atoms with Crippen LogP contribution >= 0.6 is 0 Å². The third-order valence-corrected chi connectivity index (χ3v) is 7.86. The maximum Gasteiger partial charge on any atom is 0.305 e. The lowest BCUT2D eigenvalue weighted by molar-refractivity contribution is -0.185. The van der Waals surface area contributed by atoms with E-state index in [1.165, 1.54) is 25.9 Å². The van der Waals surface area contributed by atoms with E-state index in [1.807, 2.05) is 0 Å². The molecule has 3 aliphatic carbocycles. The molecule has 0 bridgehead atoms. The minimum absolute atomic E-state index is 0.0237. The monoisotopic (exact) mass is 514 g/mol. The number of phenols is 1. The van der Waals surface area contributed by atoms with Gasteiger partial charge in [-0.25, -0.2) is 0 Å². The van der Waals surface area contributed by atoms with Crippen LogP contribution in [0.1, 0.15) is 42.9 Å². The summed E-state index contributed by atoms with van der Waals surface area (Å²) in [6.45, 7) is 4.84. The number of ether oxygens (including phenoxy) is 1. The molecule has 1 amide bonds. The largest absolute Gasteiger partial charge is 0.508 e. The number of carbonyl (C=O) groups is 4. The molecule has 0 spiro atoms. The number of esters is 1. The summed E-state index contributed by atoms with van der Waals surface area (Å²) in [5.74, 6) is -9.63. The Balaban J connectivity index is 2.12. The second-order valence-corrected chi connectivity index (χ2v) is 10.1. The van der Waals surface area contributed by atoms with Crippen LogP contribution in [0.15, 0.2) is 29.0 Å². The highest BCUT2D eigenvalue weighted by Crippen LogP contribution is 2.57. The number of carbonyl (C=O) groups excluding carboxylic acids is 4. The molecule has 6 atom stereocenters. The van der Waals surface area contributed by atoms with E-state index in [0.717, 1.165) is 0 Å². The van der Waals surface area contributed by atoms with Gasteiger partial charge < -0.3 is 30.9 Å². The summed E-state index contributed by atoms with van der Waals surface area (Å²) in [6, 6.07) is 1.91. The number of hydrogen-bond donors (Lipinski definition) is 5. The fourth-order valence-electron chi connectivity index (χ4n) is 6.07. The second kappa shape index (κ2) is 8.70. The van der Waals surface area contributed by atoms with Gasteiger partial charge in [-0.15, -0.1) is 0 Å². The second-order valence-electron chi connectivity index (χ2n) is 10.1. The summed E-state index contributed by atoms with van der Waals surface area (Å²) >= 11 is 0. The molecule has 1 fully saturated rings. The van der Waals surface area contributed by atoms with Gasteiger partial charge in [0.1, 0.15) is 28.9 Å². The molecular weight excluding hydrogens is 484 g/mol. The first-order chi connectivity index (χ1) is 17.2. The molecule has 0 heterocycles. The van der Waals surface area contributed by atoms with Crippen LogP contribution in [-0.2, 0) is 23.9 Å². The van der Waals surface area contributed by atoms with Crippen molar-refractivity contribution in [1.29, 1.82) is 0 Å². The van der Waals surface area contributed by atoms with Crippen LogP contribution in [-0.4, -0.2) is 80.6 Å². The maximum atomic E-state index is 14.1. The molecule has 11 heteroatoms. The van der Waals surface area contributed by atoms with Gasteiger partial charge >= 0.3 is 5.97 Å². The Morgan fingerprint density at radius 1 is 1.16 bits per heavy atom. The van der Waals surface area contributed by atoms with Crippen molar-refractivity contribution >= 4 is 29.2 Å². The van der Waals surface area contributed by atoms with Crippen LogP contribution in [0, 0.1) is 18.8 Å². The topological polar surface area (TPSA) is 188 Å². The lowest BCUT2D eigenvalue weighted by Gasteiger charge is -2.54. The van der Waals surface area contributed by atoms with Crippen LogP contribution in [0.4, 0.5) is 0 Å². The van der Waals surface area contributed by atoms with Gasteiger partial charge in [0, 0.05) is 17.9 Å². The molecule has 1 aromatic rings. The minimum atomic E-state index is -2.94. The smallest absolute Gasteiger partial charge is 0.305 e. The molecule has 1 saturated carbocycles. The number of nitrogens with two attached hydrogens (primary N) is 1. The number of aliphatic hydroxyl groups is 3. The number of nitrogens with zero attached hydrogens (tertiary/aromatic N) is 1. The fourth-order valence-corrected chi connectivity index (χ4v) is 6.07. The highest BCUT2D eigenvalue weighted by molar-refractivity contribution is 6.24. The number of aromatic hydroxyl groups is 1. The van der Waals surface area contributed by atoms with E-state index in [-0.39, 0.29) is 17.7 Å². The lowest BCUT2D eigenvalue weighted by atomic mass is 9.54. The molecule has 198 valence electrons. The highest BCUT2D eigenvalue weighted by Gasteiger charge is 2.69. The van der Waals surface area contributed by atoms with Crippen molar-refractivity contribution in [2.75, 3.05) is 14.1 Å². The zero-order valence-electron chi connectivity index (χ0n) is 21.1. The summed E-state index contributed by atoms with van der Waals surface area (Å²) in [4.78, 5) is 53.6. The van der Waals surface area contributed by atoms with Crippen molar-refractivity contribution in [1.82, 2.24) is 4.90 Å². The molecule has 4 rings (SSSR count). The van der Waals surface area contributed by atoms with Crippen LogP contribution in [0.5, 0.6) is 5.75 Å². The zero-order chi connectivity index (χ0) is 27.7. The van der Waals surface area contributed by atoms with Crippen molar-refractivity contribution in [3.63, 3.8) is 0 Å². The number of Topliss-reactive ketones (excluding diaryl/α,β-unsaturated/α-hetero) is 2. The van der Waals surface area contributed by atoms with Crippen LogP contribution in [0.3, 0.4) is 0 Å². The van der Waals surface area contributed by atoms with E-state index in [9.17, 15) is 39.6 Å². The highest BCUT2D eigenvalue weighted by atomic mass is 16.5. The normalized spacial score (nSPS) is 31.2. The standard InChI is InChI=1S/C26H30N2O9/c1-6-12(29)37-22-13-10(3)11-8-7-9(2)19(30)14(11)20(31)15(13)23(33)26(36)17(22)18(28(4)5)21(32)16(24(26)34)25(27)35/h7-8,10,13,17-18,22,30-31,34,36H,6H2,1-5H3,(H2,27,35)/t10-,13?,17?,18-,22-,26-/m0/s1. The maximum absolute atomic E-state index is 14.1. The van der Waals surface area contributed by atoms with Crippen molar-refractivity contribution in [2.24, 2.45) is 17.6 Å². The number of amides is 1. The van der Waals surface area contributed by atoms with Gasteiger partial charge in [0.15, 0.2) is 11.4 Å². The van der Waals surface area contributed by atoms with Crippen molar-refractivity contribution < 1.29 is 44.3 Å². The first kappa shape index (κ1) is 26.4. The molecule has 1 aromatic carbocycles. The summed E-state index contributed by atoms with van der Waals surface area (Å²) in [5.41, 5.74) is 1.93. The summed E-state index contributed by atoms with van der Waals surface area (Å²) in [6.07, 6.45) is -1.47. The number of hydrogen-bond acceptors (Lipinski definition) is 10. The first-order valence-electron chi connectivity index (χ1n) is 11.9. The number of rotatable bonds is 4. The molecule has 0 aliphatic heterocycles. The van der Waals surface area contributed by atoms with Gasteiger partial charge in [0.2, 0.25) is 5.78 Å². The SMILES string of the molecule is CCC(=O)O[C@H]1C2C(=C(O)c3c(ccc(C)c3O)[C@@H]2C)C(=O)[C@]2(O)C(O)=C(C(N)=O)C(=O)[C@@H](N(C)C)C12. The van der Waals surface area contributed by atoms with Crippen molar-refractivity contribution in [3.8, 4) is 5.75 Å². The summed E-state index contributed by atoms with van der Waals surface area (Å²) in [5, 5.41) is 45.0. The molecule has 0 radical (unpaired) electrons. The van der Waals surface area contributed by atoms with Crippen LogP contribution in [0.2, 0.25) is 0 Å². The molecule has 0 aromatic heterocycles. The van der Waals surface area contributed by atoms with Crippen molar-refractivity contribution in [2.45, 2.75) is 50.9 Å². The predicted molar refractivity (Wildman–Crippen MR) is 129 cm³/mol. The number of benzene rings is 1. The van der Waals surface area contributed by atoms with Crippen LogP contribution < -0.4 is 5.73 Å². The predicted octanol–water partition coefficient (Wildman–Crippen LogP) is 0.765. The summed E-state index contributed by atoms with van der Waals surface area (Å²) < 4.78 is 5.77. The molecule has 37 heavy (non-hydrogen) atoms. The van der Waals surface area contributed by atoms with E-state index in [2.05, 4.69) is 0 Å². The molecule has 11 nitrogen and oxygen atoms in total. The van der Waals surface area contributed by atoms with Crippen molar-refractivity contribution in [3.05, 3.63) is 45.7 Å². The Labute approximate surface area is 212 Å². The van der Waals surface area contributed by atoms with Gasteiger partial charge in [-0.2, -0.15) is 0 Å². The van der Waals surface area contributed by atoms with Gasteiger partial charge in [-0.1, -0.05) is 26.0 Å². The average Bonchev–Trinajstić information content (AvgIpc) is 2.82. The van der Waals surface area contributed by atoms with Gasteiger partial charge in [0.05, 0.1) is 17.5 Å². The number of aryl methyl sites for hydroxylation is 1. The van der Waals surface area contributed by atoms with E-state index in [4.69, 9.17) is 10.5 Å². The Morgan fingerprint density at radius 2 is 1.78 bits per heavy atom. The Bertz CT molecular complexity index is 1310. The molecule has 2 unspecified atom stereocenters. The number of phenolic OH excluding ortho intramolecular Hbond substituents is 1. The third kappa shape index (κ3) is 3.41. The Kier molecular flexibility index (Phi) is 6.20. The van der Waals surface area contributed by atoms with E-state index in [1.54, 1.807) is 26.0 Å². The van der Waals surface area contributed by atoms with E-state index >= 15 is 0 Å². The van der Waals surface area contributed by atoms with Gasteiger partial charge in [0.25, 0.3) is 5.91 Å². The van der Waals surface area contributed by atoms with E-state index in [0.29, 0.717) is 11.1 Å². The number of ketones is 2. The van der Waals surface area contributed by atoms with Gasteiger partial charge in [-0.3, -0.25) is 24.1 Å².